The Labute approximate surface area is 196 Å². The van der Waals surface area contributed by atoms with E-state index in [9.17, 15) is 0 Å². The molecule has 4 heterocycles. The van der Waals surface area contributed by atoms with E-state index in [0.29, 0.717) is 12.1 Å². The first-order valence-electron chi connectivity index (χ1n) is 13.0. The molecule has 0 N–H and O–H groups in total. The number of nitrogens with zero attached hydrogens (tertiary/aromatic N) is 4. The van der Waals surface area contributed by atoms with Crippen LogP contribution in [0.25, 0.3) is 22.2 Å². The zero-order valence-electron chi connectivity index (χ0n) is 19.5. The standard InChI is InChI=1S/C28H34N4O/c1-2-23(3-1)32-24-9-10-25(32)19-31-27-11-8-22(16-26(27)29-28(31)17-24)21-6-4-20(5-7-21)18-30-12-14-33-15-13-30/h4-8,11,16,23-25H,1-3,9-10,12-15,17-19H2. The predicted octanol–water partition coefficient (Wildman–Crippen LogP) is 4.48. The van der Waals surface area contributed by atoms with Gasteiger partial charge in [-0.15, -0.1) is 0 Å². The van der Waals surface area contributed by atoms with E-state index in [1.165, 1.54) is 60.1 Å². The Morgan fingerprint density at radius 3 is 2.42 bits per heavy atom. The molecule has 0 amide bonds. The van der Waals surface area contributed by atoms with Crippen molar-refractivity contribution < 1.29 is 4.74 Å². The maximum Gasteiger partial charge on any atom is 0.111 e. The molecular formula is C28H34N4O. The number of fused-ring (bicyclic) bond motifs is 5. The van der Waals surface area contributed by atoms with Crippen LogP contribution in [0.2, 0.25) is 0 Å². The predicted molar refractivity (Wildman–Crippen MR) is 131 cm³/mol. The summed E-state index contributed by atoms with van der Waals surface area (Å²) in [5, 5.41) is 0. The number of hydrogen-bond donors (Lipinski definition) is 0. The molecule has 4 aliphatic rings. The molecule has 1 saturated carbocycles. The van der Waals surface area contributed by atoms with Gasteiger partial charge >= 0.3 is 0 Å². The second-order valence-corrected chi connectivity index (χ2v) is 10.5. The van der Waals surface area contributed by atoms with Gasteiger partial charge in [0.05, 0.1) is 24.2 Å². The molecule has 1 aliphatic carbocycles. The van der Waals surface area contributed by atoms with Crippen molar-refractivity contribution in [1.29, 1.82) is 0 Å². The summed E-state index contributed by atoms with van der Waals surface area (Å²) in [4.78, 5) is 10.5. The van der Waals surface area contributed by atoms with E-state index >= 15 is 0 Å². The fraction of sp³-hybridized carbons (Fsp3) is 0.536. The number of rotatable bonds is 4. The van der Waals surface area contributed by atoms with Gasteiger partial charge in [0.15, 0.2) is 0 Å². The van der Waals surface area contributed by atoms with Gasteiger partial charge in [0.25, 0.3) is 0 Å². The van der Waals surface area contributed by atoms with Crippen LogP contribution in [-0.2, 0) is 24.2 Å². The van der Waals surface area contributed by atoms with Crippen molar-refractivity contribution in [3.8, 4) is 11.1 Å². The van der Waals surface area contributed by atoms with Gasteiger partial charge < -0.3 is 9.30 Å². The summed E-state index contributed by atoms with van der Waals surface area (Å²) < 4.78 is 8.02. The van der Waals surface area contributed by atoms with Crippen molar-refractivity contribution in [3.63, 3.8) is 0 Å². The number of imidazole rings is 1. The number of morpholine rings is 1. The summed E-state index contributed by atoms with van der Waals surface area (Å²) >= 11 is 0. The lowest BCUT2D eigenvalue weighted by Crippen LogP contribution is -2.48. The van der Waals surface area contributed by atoms with Crippen molar-refractivity contribution in [2.75, 3.05) is 26.3 Å². The second-order valence-electron chi connectivity index (χ2n) is 10.5. The number of ether oxygens (including phenoxy) is 1. The highest BCUT2D eigenvalue weighted by molar-refractivity contribution is 5.82. The molecule has 3 fully saturated rings. The number of benzene rings is 2. The molecule has 2 unspecified atom stereocenters. The molecule has 0 spiro atoms. The summed E-state index contributed by atoms with van der Waals surface area (Å²) in [6, 6.07) is 18.3. The summed E-state index contributed by atoms with van der Waals surface area (Å²) in [7, 11) is 0. The summed E-state index contributed by atoms with van der Waals surface area (Å²) in [5.74, 6) is 1.31. The van der Waals surface area contributed by atoms with Crippen molar-refractivity contribution >= 4 is 11.0 Å². The average Bonchev–Trinajstić information content (AvgIpc) is 3.29. The minimum atomic E-state index is 0.705. The average molecular weight is 443 g/mol. The van der Waals surface area contributed by atoms with E-state index < -0.39 is 0 Å². The van der Waals surface area contributed by atoms with E-state index in [1.54, 1.807) is 0 Å². The first kappa shape index (κ1) is 20.2. The van der Waals surface area contributed by atoms with E-state index in [0.717, 1.165) is 57.4 Å². The molecule has 5 heteroatoms. The SMILES string of the molecule is c1cc(-c2ccc3c(c2)nc2n3CC3CCC(C2)N3C2CCC2)ccc1CN1CCOCC1. The Morgan fingerprint density at radius 2 is 1.64 bits per heavy atom. The Bertz CT molecular complexity index is 1140. The van der Waals surface area contributed by atoms with Crippen molar-refractivity contribution in [2.24, 2.45) is 0 Å². The number of hydrogen-bond acceptors (Lipinski definition) is 4. The zero-order chi connectivity index (χ0) is 21.8. The lowest BCUT2D eigenvalue weighted by molar-refractivity contribution is 0.0342. The summed E-state index contributed by atoms with van der Waals surface area (Å²) in [6.45, 7) is 5.90. The summed E-state index contributed by atoms with van der Waals surface area (Å²) in [5.41, 5.74) is 6.41. The molecule has 33 heavy (non-hydrogen) atoms. The second kappa shape index (κ2) is 8.23. The van der Waals surface area contributed by atoms with Crippen molar-refractivity contribution in [1.82, 2.24) is 19.4 Å². The van der Waals surface area contributed by atoms with Crippen LogP contribution in [0.15, 0.2) is 42.5 Å². The smallest absolute Gasteiger partial charge is 0.111 e. The molecule has 2 aromatic carbocycles. The third-order valence-corrected chi connectivity index (χ3v) is 8.61. The Morgan fingerprint density at radius 1 is 0.848 bits per heavy atom. The highest BCUT2D eigenvalue weighted by Gasteiger charge is 2.42. The normalized spacial score (nSPS) is 26.3. The van der Waals surface area contributed by atoms with Crippen LogP contribution >= 0.6 is 0 Å². The van der Waals surface area contributed by atoms with Gasteiger partial charge in [-0.25, -0.2) is 4.98 Å². The van der Waals surface area contributed by atoms with Gasteiger partial charge in [0.2, 0.25) is 0 Å². The minimum Gasteiger partial charge on any atom is -0.379 e. The van der Waals surface area contributed by atoms with Gasteiger partial charge in [-0.2, -0.15) is 0 Å². The van der Waals surface area contributed by atoms with Crippen molar-refractivity contribution in [3.05, 3.63) is 53.9 Å². The third kappa shape index (κ3) is 3.61. The van der Waals surface area contributed by atoms with Crippen LogP contribution in [0.4, 0.5) is 0 Å². The van der Waals surface area contributed by atoms with E-state index in [-0.39, 0.29) is 0 Å². The van der Waals surface area contributed by atoms with Crippen LogP contribution in [-0.4, -0.2) is 63.8 Å². The van der Waals surface area contributed by atoms with Crippen molar-refractivity contribution in [2.45, 2.75) is 69.7 Å². The molecule has 7 rings (SSSR count). The zero-order valence-corrected chi connectivity index (χ0v) is 19.5. The first-order valence-corrected chi connectivity index (χ1v) is 13.0. The van der Waals surface area contributed by atoms with E-state index in [1.807, 2.05) is 0 Å². The maximum atomic E-state index is 5.47. The maximum absolute atomic E-state index is 5.47. The molecule has 0 radical (unpaired) electrons. The first-order chi connectivity index (χ1) is 16.3. The highest BCUT2D eigenvalue weighted by atomic mass is 16.5. The molecule has 172 valence electrons. The quantitative estimate of drug-likeness (QED) is 0.597. The molecule has 2 bridgehead atoms. The molecular weight excluding hydrogens is 408 g/mol. The lowest BCUT2D eigenvalue weighted by Gasteiger charge is -2.41. The molecule has 2 atom stereocenters. The largest absolute Gasteiger partial charge is 0.379 e. The van der Waals surface area contributed by atoms with Gasteiger partial charge in [-0.05, 0) is 54.5 Å². The molecule has 2 saturated heterocycles. The van der Waals surface area contributed by atoms with Gasteiger partial charge in [0, 0.05) is 50.7 Å². The fourth-order valence-corrected chi connectivity index (χ4v) is 6.62. The minimum absolute atomic E-state index is 0.705. The molecule has 5 nitrogen and oxygen atoms in total. The van der Waals surface area contributed by atoms with Crippen LogP contribution in [0.1, 0.15) is 43.5 Å². The topological polar surface area (TPSA) is 33.5 Å². The van der Waals surface area contributed by atoms with Gasteiger partial charge in [-0.1, -0.05) is 36.8 Å². The van der Waals surface area contributed by atoms with Gasteiger partial charge in [-0.3, -0.25) is 9.80 Å². The Kier molecular flexibility index (Phi) is 5.03. The highest BCUT2D eigenvalue weighted by Crippen LogP contribution is 2.40. The van der Waals surface area contributed by atoms with Crippen LogP contribution < -0.4 is 0 Å². The molecule has 3 aliphatic heterocycles. The lowest BCUT2D eigenvalue weighted by atomic mass is 9.90. The van der Waals surface area contributed by atoms with Crippen LogP contribution in [0.3, 0.4) is 0 Å². The summed E-state index contributed by atoms with van der Waals surface area (Å²) in [6.07, 6.45) is 8.06. The van der Waals surface area contributed by atoms with E-state index in [4.69, 9.17) is 9.72 Å². The third-order valence-electron chi connectivity index (χ3n) is 8.61. The Hall–Kier alpha value is -2.21. The van der Waals surface area contributed by atoms with E-state index in [2.05, 4.69) is 56.8 Å². The van der Waals surface area contributed by atoms with Crippen LogP contribution in [0.5, 0.6) is 0 Å². The number of aromatic nitrogens is 2. The Balaban J connectivity index is 1.13. The molecule has 3 aromatic rings. The van der Waals surface area contributed by atoms with Gasteiger partial charge in [0.1, 0.15) is 5.82 Å². The fourth-order valence-electron chi connectivity index (χ4n) is 6.62. The monoisotopic (exact) mass is 442 g/mol. The molecule has 1 aromatic heterocycles. The van der Waals surface area contributed by atoms with Crippen LogP contribution in [0, 0.1) is 0 Å².